The van der Waals surface area contributed by atoms with Crippen LogP contribution in [0.15, 0.2) is 30.3 Å². The molecule has 3 heteroatoms. The summed E-state index contributed by atoms with van der Waals surface area (Å²) in [4.78, 5) is 0. The fraction of sp³-hybridized carbons (Fsp3) is 0.250. The SMILES string of the molecule is NC(F)(CF)c1ccccc1. The van der Waals surface area contributed by atoms with Crippen LogP contribution in [0.1, 0.15) is 5.56 Å². The van der Waals surface area contributed by atoms with Gasteiger partial charge in [-0.05, 0) is 0 Å². The molecule has 0 aliphatic carbocycles. The van der Waals surface area contributed by atoms with E-state index < -0.39 is 12.5 Å². The van der Waals surface area contributed by atoms with Gasteiger partial charge in [0.05, 0.1) is 0 Å². The average Bonchev–Trinajstić information content (AvgIpc) is 2.06. The summed E-state index contributed by atoms with van der Waals surface area (Å²) >= 11 is 0. The van der Waals surface area contributed by atoms with E-state index in [0.29, 0.717) is 0 Å². The molecule has 1 atom stereocenters. The van der Waals surface area contributed by atoms with Crippen molar-refractivity contribution in [2.45, 2.75) is 5.79 Å². The largest absolute Gasteiger partial charge is 0.293 e. The first-order chi connectivity index (χ1) is 5.17. The Balaban J connectivity index is 2.93. The molecule has 2 N–H and O–H groups in total. The lowest BCUT2D eigenvalue weighted by molar-refractivity contribution is 0.127. The zero-order valence-electron chi connectivity index (χ0n) is 5.93. The minimum atomic E-state index is -2.33. The van der Waals surface area contributed by atoms with E-state index in [-0.39, 0.29) is 5.56 Å². The lowest BCUT2D eigenvalue weighted by atomic mass is 10.1. The highest BCUT2D eigenvalue weighted by molar-refractivity contribution is 5.20. The van der Waals surface area contributed by atoms with E-state index in [4.69, 9.17) is 5.73 Å². The van der Waals surface area contributed by atoms with E-state index in [0.717, 1.165) is 0 Å². The molecule has 1 aromatic carbocycles. The zero-order chi connectivity index (χ0) is 8.32. The summed E-state index contributed by atoms with van der Waals surface area (Å²) in [7, 11) is 0. The van der Waals surface area contributed by atoms with Gasteiger partial charge in [-0.2, -0.15) is 0 Å². The molecule has 1 unspecified atom stereocenters. The molecule has 1 nitrogen and oxygen atoms in total. The number of rotatable bonds is 2. The van der Waals surface area contributed by atoms with Crippen molar-refractivity contribution >= 4 is 0 Å². The molecule has 0 heterocycles. The first-order valence-corrected chi connectivity index (χ1v) is 3.26. The van der Waals surface area contributed by atoms with E-state index in [2.05, 4.69) is 0 Å². The molecule has 1 aromatic rings. The molecule has 0 fully saturated rings. The maximum atomic E-state index is 13.0. The second-order valence-corrected chi connectivity index (χ2v) is 2.36. The molecule has 0 aliphatic heterocycles. The summed E-state index contributed by atoms with van der Waals surface area (Å²) < 4.78 is 24.9. The van der Waals surface area contributed by atoms with Crippen molar-refractivity contribution in [3.05, 3.63) is 35.9 Å². The Morgan fingerprint density at radius 1 is 1.27 bits per heavy atom. The fourth-order valence-electron chi connectivity index (χ4n) is 0.792. The highest BCUT2D eigenvalue weighted by atomic mass is 19.2. The summed E-state index contributed by atoms with van der Waals surface area (Å²) in [6, 6.07) is 7.87. The Morgan fingerprint density at radius 2 is 1.82 bits per heavy atom. The van der Waals surface area contributed by atoms with Crippen LogP contribution in [0.5, 0.6) is 0 Å². The minimum Gasteiger partial charge on any atom is -0.293 e. The lowest BCUT2D eigenvalue weighted by Crippen LogP contribution is -2.33. The van der Waals surface area contributed by atoms with Crippen molar-refractivity contribution in [1.29, 1.82) is 0 Å². The summed E-state index contributed by atoms with van der Waals surface area (Å²) in [6.07, 6.45) is 0. The van der Waals surface area contributed by atoms with Gasteiger partial charge in [-0.25, -0.2) is 8.78 Å². The van der Waals surface area contributed by atoms with Gasteiger partial charge in [0, 0.05) is 5.56 Å². The van der Waals surface area contributed by atoms with Crippen molar-refractivity contribution in [3.8, 4) is 0 Å². The van der Waals surface area contributed by atoms with Gasteiger partial charge in [0.2, 0.25) is 5.79 Å². The van der Waals surface area contributed by atoms with Crippen molar-refractivity contribution < 1.29 is 8.78 Å². The Bertz CT molecular complexity index is 221. The minimum absolute atomic E-state index is 0.169. The first kappa shape index (κ1) is 8.14. The summed E-state index contributed by atoms with van der Waals surface area (Å²) in [5, 5.41) is 0. The van der Waals surface area contributed by atoms with Crippen LogP contribution in [-0.2, 0) is 5.79 Å². The van der Waals surface area contributed by atoms with Gasteiger partial charge in [-0.1, -0.05) is 30.3 Å². The van der Waals surface area contributed by atoms with Crippen LogP contribution in [0.2, 0.25) is 0 Å². The maximum absolute atomic E-state index is 13.0. The van der Waals surface area contributed by atoms with Crippen molar-refractivity contribution in [2.75, 3.05) is 6.67 Å². The molecule has 0 bridgehead atoms. The van der Waals surface area contributed by atoms with Crippen LogP contribution >= 0.6 is 0 Å². The normalized spacial score (nSPS) is 15.9. The van der Waals surface area contributed by atoms with Crippen LogP contribution in [-0.4, -0.2) is 6.67 Å². The number of alkyl halides is 2. The number of benzene rings is 1. The Labute approximate surface area is 63.8 Å². The van der Waals surface area contributed by atoms with Gasteiger partial charge in [-0.3, -0.25) is 5.73 Å². The van der Waals surface area contributed by atoms with Crippen molar-refractivity contribution in [3.63, 3.8) is 0 Å². The van der Waals surface area contributed by atoms with Gasteiger partial charge >= 0.3 is 0 Å². The molecule has 60 valence electrons. The molecule has 11 heavy (non-hydrogen) atoms. The van der Waals surface area contributed by atoms with Gasteiger partial charge in [0.25, 0.3) is 0 Å². The van der Waals surface area contributed by atoms with Gasteiger partial charge in [0.1, 0.15) is 6.67 Å². The topological polar surface area (TPSA) is 26.0 Å². The second-order valence-electron chi connectivity index (χ2n) is 2.36. The maximum Gasteiger partial charge on any atom is 0.213 e. The Hall–Kier alpha value is -0.960. The molecule has 0 amide bonds. The smallest absolute Gasteiger partial charge is 0.213 e. The number of halogens is 2. The zero-order valence-corrected chi connectivity index (χ0v) is 5.93. The van der Waals surface area contributed by atoms with Gasteiger partial charge in [0.15, 0.2) is 0 Å². The van der Waals surface area contributed by atoms with Crippen molar-refractivity contribution in [2.24, 2.45) is 5.73 Å². The molecular formula is C8H9F2N. The quantitative estimate of drug-likeness (QED) is 0.650. The van der Waals surface area contributed by atoms with Gasteiger partial charge < -0.3 is 0 Å². The Morgan fingerprint density at radius 3 is 2.27 bits per heavy atom. The van der Waals surface area contributed by atoms with E-state index in [9.17, 15) is 8.78 Å². The van der Waals surface area contributed by atoms with Gasteiger partial charge in [-0.15, -0.1) is 0 Å². The molecule has 0 aliphatic rings. The Kier molecular flexibility index (Phi) is 2.19. The highest BCUT2D eigenvalue weighted by Gasteiger charge is 2.25. The van der Waals surface area contributed by atoms with E-state index in [1.165, 1.54) is 12.1 Å². The summed E-state index contributed by atoms with van der Waals surface area (Å²) in [5.74, 6) is -2.33. The predicted octanol–water partition coefficient (Wildman–Crippen LogP) is 1.74. The lowest BCUT2D eigenvalue weighted by Gasteiger charge is -2.15. The molecule has 0 saturated carbocycles. The van der Waals surface area contributed by atoms with E-state index >= 15 is 0 Å². The van der Waals surface area contributed by atoms with Crippen LogP contribution in [0.25, 0.3) is 0 Å². The predicted molar refractivity (Wildman–Crippen MR) is 39.4 cm³/mol. The highest BCUT2D eigenvalue weighted by Crippen LogP contribution is 2.19. The molecule has 1 rings (SSSR count). The molecule has 0 radical (unpaired) electrons. The first-order valence-electron chi connectivity index (χ1n) is 3.26. The molecule has 0 saturated heterocycles. The van der Waals surface area contributed by atoms with E-state index in [1.807, 2.05) is 0 Å². The van der Waals surface area contributed by atoms with Crippen LogP contribution < -0.4 is 5.73 Å². The third-order valence-corrected chi connectivity index (χ3v) is 1.45. The fourth-order valence-corrected chi connectivity index (χ4v) is 0.792. The van der Waals surface area contributed by atoms with Crippen LogP contribution in [0.4, 0.5) is 8.78 Å². The summed E-state index contributed by atoms with van der Waals surface area (Å²) in [5.41, 5.74) is 5.16. The molecule has 0 spiro atoms. The molecule has 0 aromatic heterocycles. The molecular weight excluding hydrogens is 148 g/mol. The van der Waals surface area contributed by atoms with Crippen molar-refractivity contribution in [1.82, 2.24) is 0 Å². The summed E-state index contributed by atoms with van der Waals surface area (Å²) in [6.45, 7) is -1.20. The van der Waals surface area contributed by atoms with E-state index in [1.54, 1.807) is 18.2 Å². The standard InChI is InChI=1S/C8H9F2N/c9-6-8(10,11)7-4-2-1-3-5-7/h1-5H,6,11H2. The number of hydrogen-bond acceptors (Lipinski definition) is 1. The van der Waals surface area contributed by atoms with Crippen LogP contribution in [0.3, 0.4) is 0 Å². The number of hydrogen-bond donors (Lipinski definition) is 1. The third-order valence-electron chi connectivity index (χ3n) is 1.45. The second kappa shape index (κ2) is 2.96. The third kappa shape index (κ3) is 1.74. The number of nitrogens with two attached hydrogens (primary N) is 1. The average molecular weight is 157 g/mol. The monoisotopic (exact) mass is 157 g/mol. The van der Waals surface area contributed by atoms with Crippen LogP contribution in [0, 0.1) is 0 Å².